The fourth-order valence-electron chi connectivity index (χ4n) is 4.55. The maximum atomic E-state index is 12.1. The number of fused-ring (bicyclic) bond motifs is 2. The lowest BCUT2D eigenvalue weighted by Gasteiger charge is -2.07. The summed E-state index contributed by atoms with van der Waals surface area (Å²) in [4.78, 5) is 51.1. The quantitative estimate of drug-likeness (QED) is 0.0352. The molecule has 0 spiro atoms. The van der Waals surface area contributed by atoms with Crippen molar-refractivity contribution in [1.29, 1.82) is 0 Å². The summed E-state index contributed by atoms with van der Waals surface area (Å²) in [6, 6.07) is 9.19. The Labute approximate surface area is 316 Å². The van der Waals surface area contributed by atoms with Gasteiger partial charge in [0.05, 0.1) is 31.0 Å². The van der Waals surface area contributed by atoms with Gasteiger partial charge in [0.25, 0.3) is 11.6 Å². The van der Waals surface area contributed by atoms with Crippen LogP contribution in [0.15, 0.2) is 53.9 Å². The number of carbonyl (C=O) groups excluding carboxylic acids is 2. The van der Waals surface area contributed by atoms with Crippen LogP contribution in [0, 0.1) is 31.8 Å². The Kier molecular flexibility index (Phi) is 13.6. The fourth-order valence-corrected chi connectivity index (χ4v) is 5.51. The molecule has 16 nitrogen and oxygen atoms in total. The van der Waals surface area contributed by atoms with Crippen LogP contribution in [0.2, 0.25) is 0 Å². The zero-order valence-corrected chi connectivity index (χ0v) is 30.9. The molecular weight excluding hydrogens is 744 g/mol. The van der Waals surface area contributed by atoms with Crippen molar-refractivity contribution in [1.82, 2.24) is 29.9 Å². The summed E-state index contributed by atoms with van der Waals surface area (Å²) in [7, 11) is 2.90. The second-order valence-corrected chi connectivity index (χ2v) is 12.2. The number of anilines is 2. The van der Waals surface area contributed by atoms with Crippen molar-refractivity contribution in [2.75, 3.05) is 36.5 Å². The van der Waals surface area contributed by atoms with E-state index in [-0.39, 0.29) is 34.9 Å². The highest BCUT2D eigenvalue weighted by molar-refractivity contribution is 7.99. The second kappa shape index (κ2) is 18.2. The predicted molar refractivity (Wildman–Crippen MR) is 205 cm³/mol. The van der Waals surface area contributed by atoms with Gasteiger partial charge in [-0.3, -0.25) is 9.59 Å². The van der Waals surface area contributed by atoms with Crippen molar-refractivity contribution >= 4 is 92.5 Å². The number of hydrogen-bond donors (Lipinski definition) is 7. The molecule has 0 bridgehead atoms. The van der Waals surface area contributed by atoms with Crippen molar-refractivity contribution < 1.29 is 29.3 Å². The van der Waals surface area contributed by atoms with E-state index >= 15 is 0 Å². The molecule has 0 radical (unpaired) electrons. The van der Waals surface area contributed by atoms with E-state index in [1.165, 1.54) is 38.1 Å². The van der Waals surface area contributed by atoms with Crippen LogP contribution in [0.5, 0.6) is 23.0 Å². The molecule has 0 aliphatic carbocycles. The predicted octanol–water partition coefficient (Wildman–Crippen LogP) is 7.32. The van der Waals surface area contributed by atoms with Gasteiger partial charge < -0.3 is 55.0 Å². The summed E-state index contributed by atoms with van der Waals surface area (Å²) in [5, 5.41) is 24.9. The number of ether oxygens (including phenoxy) is 2. The summed E-state index contributed by atoms with van der Waals surface area (Å²) in [5.74, 6) is 0.801. The average molecular weight is 775 g/mol. The first-order valence-electron chi connectivity index (χ1n) is 15.1. The van der Waals surface area contributed by atoms with Gasteiger partial charge in [-0.15, -0.1) is 21.6 Å². The molecule has 0 saturated heterocycles. The normalized spacial score (nSPS) is 10.2. The van der Waals surface area contributed by atoms with Crippen molar-refractivity contribution in [3.05, 3.63) is 87.5 Å². The number of aryl methyl sites for hydroxylation is 2. The highest BCUT2D eigenvalue weighted by Crippen LogP contribution is 2.30. The number of thioether (sulfide) groups is 1. The number of aromatic hydroxyl groups is 2. The molecule has 0 saturated carbocycles. The van der Waals surface area contributed by atoms with Gasteiger partial charge in [-0.05, 0) is 50.3 Å². The van der Waals surface area contributed by atoms with Crippen molar-refractivity contribution in [3.8, 4) is 23.0 Å². The first-order chi connectivity index (χ1) is 25.4. The van der Waals surface area contributed by atoms with E-state index in [1.807, 2.05) is 6.92 Å². The Morgan fingerprint density at radius 3 is 1.94 bits per heavy atom. The van der Waals surface area contributed by atoms with Crippen LogP contribution >= 0.6 is 35.6 Å². The van der Waals surface area contributed by atoms with Gasteiger partial charge in [-0.25, -0.2) is 4.98 Å². The number of amides is 2. The molecular formula is C34H31ClN10O6S2. The average Bonchev–Trinajstić information content (AvgIpc) is 3.75. The number of phenols is 2. The summed E-state index contributed by atoms with van der Waals surface area (Å²) in [6.07, 6.45) is 3.18. The molecule has 272 valence electrons. The van der Waals surface area contributed by atoms with Gasteiger partial charge in [-0.1, -0.05) is 24.9 Å². The number of benzene rings is 2. The van der Waals surface area contributed by atoms with Crippen LogP contribution in [0.1, 0.15) is 11.1 Å². The first-order valence-corrected chi connectivity index (χ1v) is 17.0. The standard InChI is InChI=1S/C17H15N5O3S.C9H10ClNO3.C8H6N4S/c1-9-15-11(7-19-16(9)18-2)21-17(22-15)26-8-14(24)20-10-4-5-13(25-3)12(23)6-10;1-14-8-3-2-6(4-7(8)12)11-9(13)5-10;1-4-6-5(11-8(13)12-6)3-10-7(4)9-2/h4-7,23H,8H2,1,3H3,(H,20,24)(H,21,22);2-4,12H,5H2,1H3,(H,11,13);3H,1H3,(H2,11,12,13). The van der Waals surface area contributed by atoms with Gasteiger partial charge in [0.15, 0.2) is 32.9 Å². The first kappa shape index (κ1) is 39.4. The number of phenolic OH excluding ortho intramolecular Hbond substituents is 2. The second-order valence-electron chi connectivity index (χ2n) is 10.6. The van der Waals surface area contributed by atoms with Crippen molar-refractivity contribution in [3.63, 3.8) is 0 Å². The number of imidazole rings is 2. The van der Waals surface area contributed by atoms with E-state index in [4.69, 9.17) is 46.4 Å². The minimum atomic E-state index is -0.323. The number of nitrogens with zero attached hydrogens (tertiary/aromatic N) is 5. The van der Waals surface area contributed by atoms with E-state index in [2.05, 4.69) is 50.2 Å². The molecule has 4 aromatic heterocycles. The highest BCUT2D eigenvalue weighted by atomic mass is 35.5. The molecule has 4 heterocycles. The third-order valence-corrected chi connectivity index (χ3v) is 8.42. The van der Waals surface area contributed by atoms with Crippen LogP contribution in [0.4, 0.5) is 23.0 Å². The molecule has 19 heteroatoms. The number of aromatic nitrogens is 6. The molecule has 6 aromatic rings. The Bertz CT molecular complexity index is 2430. The molecule has 0 aliphatic rings. The molecule has 53 heavy (non-hydrogen) atoms. The molecule has 2 amide bonds. The van der Waals surface area contributed by atoms with Crippen LogP contribution in [-0.2, 0) is 9.59 Å². The summed E-state index contributed by atoms with van der Waals surface area (Å²) in [6.45, 7) is 17.6. The third-order valence-electron chi connectivity index (χ3n) is 7.10. The van der Waals surface area contributed by atoms with Gasteiger partial charge in [0.1, 0.15) is 29.3 Å². The number of halogens is 1. The number of alkyl halides is 1. The summed E-state index contributed by atoms with van der Waals surface area (Å²) in [5.41, 5.74) is 5.60. The molecule has 0 unspecified atom stereocenters. The number of pyridine rings is 2. The smallest absolute Gasteiger partial charge is 0.274 e. The molecule has 6 rings (SSSR count). The van der Waals surface area contributed by atoms with E-state index in [0.29, 0.717) is 55.5 Å². The van der Waals surface area contributed by atoms with Crippen molar-refractivity contribution in [2.24, 2.45) is 0 Å². The topological polar surface area (TPSA) is 212 Å². The number of nitrogens with one attached hydrogen (secondary N) is 5. The molecule has 0 aliphatic heterocycles. The Morgan fingerprint density at radius 2 is 1.42 bits per heavy atom. The van der Waals surface area contributed by atoms with Crippen LogP contribution in [0.3, 0.4) is 0 Å². The Hall–Kier alpha value is -6.34. The summed E-state index contributed by atoms with van der Waals surface area (Å²) < 4.78 is 10.4. The molecule has 0 atom stereocenters. The maximum absolute atomic E-state index is 12.1. The van der Waals surface area contributed by atoms with E-state index < -0.39 is 0 Å². The number of H-pyrrole nitrogens is 3. The minimum absolute atomic E-state index is 0.0279. The lowest BCUT2D eigenvalue weighted by atomic mass is 10.2. The fraction of sp³-hybridized carbons (Fsp3) is 0.176. The monoisotopic (exact) mass is 774 g/mol. The number of aromatic amines is 3. The van der Waals surface area contributed by atoms with Gasteiger partial charge >= 0.3 is 0 Å². The zero-order chi connectivity index (χ0) is 38.7. The van der Waals surface area contributed by atoms with E-state index in [0.717, 1.165) is 22.1 Å². The number of hydrogen-bond acceptors (Lipinski definition) is 11. The largest absolute Gasteiger partial charge is 0.504 e. The van der Waals surface area contributed by atoms with Crippen LogP contribution in [-0.4, -0.2) is 77.8 Å². The van der Waals surface area contributed by atoms with Crippen molar-refractivity contribution in [2.45, 2.75) is 19.0 Å². The molecule has 7 N–H and O–H groups in total. The van der Waals surface area contributed by atoms with E-state index in [1.54, 1.807) is 43.6 Å². The van der Waals surface area contributed by atoms with E-state index in [9.17, 15) is 19.8 Å². The molecule has 0 fully saturated rings. The van der Waals surface area contributed by atoms with Crippen LogP contribution < -0.4 is 20.1 Å². The Balaban J connectivity index is 0.000000196. The SMILES string of the molecule is COc1ccc(NC(=O)CCl)cc1O.[C-]#[N+]c1ncc2[nH]c(=S)[nH]c2c1C.[C-]#[N+]c1ncc2[nH]c(SCC(=O)Nc3ccc(OC)c(O)c3)nc2c1C. The lowest BCUT2D eigenvalue weighted by molar-refractivity contribution is -0.114. The summed E-state index contributed by atoms with van der Waals surface area (Å²) >= 11 is 11.5. The Morgan fingerprint density at radius 1 is 0.868 bits per heavy atom. The third kappa shape index (κ3) is 10.1. The van der Waals surface area contributed by atoms with Crippen LogP contribution in [0.25, 0.3) is 31.8 Å². The zero-order valence-electron chi connectivity index (χ0n) is 28.5. The minimum Gasteiger partial charge on any atom is -0.504 e. The maximum Gasteiger partial charge on any atom is 0.274 e. The number of methoxy groups -OCH3 is 2. The highest BCUT2D eigenvalue weighted by Gasteiger charge is 2.13. The molecule has 2 aromatic carbocycles. The van der Waals surface area contributed by atoms with Gasteiger partial charge in [0.2, 0.25) is 11.8 Å². The lowest BCUT2D eigenvalue weighted by Crippen LogP contribution is -2.14. The number of rotatable bonds is 8. The number of carbonyl (C=O) groups is 2. The van der Waals surface area contributed by atoms with Gasteiger partial charge in [0, 0.05) is 34.6 Å². The van der Waals surface area contributed by atoms with Gasteiger partial charge in [-0.2, -0.15) is 0 Å².